The van der Waals surface area contributed by atoms with Crippen molar-refractivity contribution >= 4 is 21.6 Å². The van der Waals surface area contributed by atoms with Crippen molar-refractivity contribution in [1.82, 2.24) is 0 Å². The van der Waals surface area contributed by atoms with Gasteiger partial charge in [-0.1, -0.05) is 94.4 Å². The summed E-state index contributed by atoms with van der Waals surface area (Å²) in [7, 11) is 3.61. The van der Waals surface area contributed by atoms with E-state index in [2.05, 4.69) is 61.7 Å². The summed E-state index contributed by atoms with van der Waals surface area (Å²) in [6.07, 6.45) is 3.81. The molecule has 0 aliphatic rings. The Labute approximate surface area is 130 Å². The summed E-state index contributed by atoms with van der Waals surface area (Å²) < 4.78 is 0. The number of rotatable bonds is 6. The highest BCUT2D eigenvalue weighted by Gasteiger charge is 1.91. The highest BCUT2D eigenvalue weighted by molar-refractivity contribution is 8.76. The molecule has 20 heavy (non-hydrogen) atoms. The van der Waals surface area contributed by atoms with E-state index in [0.29, 0.717) is 0 Å². The van der Waals surface area contributed by atoms with Crippen molar-refractivity contribution in [2.45, 2.75) is 0 Å². The maximum Gasteiger partial charge on any atom is 0.0215 e. The first kappa shape index (κ1) is 16.7. The van der Waals surface area contributed by atoms with Gasteiger partial charge in [-0.25, -0.2) is 0 Å². The van der Waals surface area contributed by atoms with Crippen LogP contribution < -0.4 is 0 Å². The van der Waals surface area contributed by atoms with E-state index in [9.17, 15) is 0 Å². The predicted molar refractivity (Wildman–Crippen MR) is 97.2 cm³/mol. The fourth-order valence-electron chi connectivity index (χ4n) is 1.45. The highest BCUT2D eigenvalue weighted by atomic mass is 33.1. The Kier molecular flexibility index (Phi) is 9.54. The monoisotopic (exact) mass is 300 g/mol. The molecule has 0 bridgehead atoms. The predicted octanol–water partition coefficient (Wildman–Crippen LogP) is 6.09. The van der Waals surface area contributed by atoms with Crippen LogP contribution in [-0.4, -0.2) is 11.5 Å². The molecule has 0 saturated heterocycles. The topological polar surface area (TPSA) is 0 Å². The van der Waals surface area contributed by atoms with Crippen LogP contribution in [-0.2, 0) is 0 Å². The second-order valence-corrected chi connectivity index (χ2v) is 6.43. The van der Waals surface area contributed by atoms with Crippen molar-refractivity contribution in [2.24, 2.45) is 0 Å². The largest absolute Gasteiger partial charge is 0.102 e. The van der Waals surface area contributed by atoms with Crippen LogP contribution in [0.3, 0.4) is 0 Å². The molecule has 0 nitrogen and oxygen atoms in total. The summed E-state index contributed by atoms with van der Waals surface area (Å²) in [5.41, 5.74) is 2.55. The number of benzene rings is 2. The van der Waals surface area contributed by atoms with E-state index in [-0.39, 0.29) is 0 Å². The van der Waals surface area contributed by atoms with Gasteiger partial charge in [-0.3, -0.25) is 0 Å². The lowest BCUT2D eigenvalue weighted by Crippen LogP contribution is -1.73. The van der Waals surface area contributed by atoms with Crippen molar-refractivity contribution < 1.29 is 0 Å². The van der Waals surface area contributed by atoms with Gasteiger partial charge in [0.05, 0.1) is 0 Å². The second kappa shape index (κ2) is 11.4. The number of hydrogen-bond acceptors (Lipinski definition) is 2. The molecule has 0 fully saturated rings. The maximum absolute atomic E-state index is 3.60. The van der Waals surface area contributed by atoms with Gasteiger partial charge in [-0.2, -0.15) is 0 Å². The molecule has 2 aromatic rings. The summed E-state index contributed by atoms with van der Waals surface area (Å²) in [5.74, 6) is 2.05. The summed E-state index contributed by atoms with van der Waals surface area (Å²) >= 11 is 0. The summed E-state index contributed by atoms with van der Waals surface area (Å²) in [5, 5.41) is 0. The Morgan fingerprint density at radius 1 is 0.650 bits per heavy atom. The van der Waals surface area contributed by atoms with Crippen LogP contribution in [0.25, 0.3) is 11.1 Å². The molecule has 104 valence electrons. The van der Waals surface area contributed by atoms with E-state index >= 15 is 0 Å². The van der Waals surface area contributed by atoms with Crippen molar-refractivity contribution in [3.8, 4) is 11.1 Å². The zero-order valence-corrected chi connectivity index (χ0v) is 13.2. The van der Waals surface area contributed by atoms with Crippen molar-refractivity contribution in [1.29, 1.82) is 0 Å². The van der Waals surface area contributed by atoms with Crippen molar-refractivity contribution in [3.63, 3.8) is 0 Å². The standard InChI is InChI=1S/C12H10.C6H10S2/c1-3-7-11(8-4-1)12-9-5-2-6-10-12;1-3-5-7-8-6-4-2/h1-10H;3-4H,1-2,5-6H2. The van der Waals surface area contributed by atoms with Gasteiger partial charge in [-0.15, -0.1) is 13.2 Å². The summed E-state index contributed by atoms with van der Waals surface area (Å²) in [6, 6.07) is 20.8. The normalized spacial score (nSPS) is 9.20. The Balaban J connectivity index is 0.000000221. The molecule has 2 rings (SSSR count). The molecular formula is C18H20S2. The molecule has 0 saturated carbocycles. The van der Waals surface area contributed by atoms with Crippen LogP contribution in [0, 0.1) is 0 Å². The molecule has 0 radical (unpaired) electrons. The molecule has 0 heterocycles. The second-order valence-electron chi connectivity index (χ2n) is 3.88. The molecule has 0 amide bonds. The molecule has 0 unspecified atom stereocenters. The van der Waals surface area contributed by atoms with E-state index < -0.39 is 0 Å². The van der Waals surface area contributed by atoms with Gasteiger partial charge in [0.2, 0.25) is 0 Å². The van der Waals surface area contributed by atoms with Crippen molar-refractivity contribution in [3.05, 3.63) is 86.0 Å². The van der Waals surface area contributed by atoms with Gasteiger partial charge >= 0.3 is 0 Å². The van der Waals surface area contributed by atoms with Crippen molar-refractivity contribution in [2.75, 3.05) is 11.5 Å². The molecule has 0 aliphatic heterocycles. The van der Waals surface area contributed by atoms with Gasteiger partial charge in [0.1, 0.15) is 0 Å². The van der Waals surface area contributed by atoms with Crippen LogP contribution in [0.2, 0.25) is 0 Å². The Bertz CT molecular complexity index is 430. The summed E-state index contributed by atoms with van der Waals surface area (Å²) in [6.45, 7) is 7.20. The van der Waals surface area contributed by atoms with E-state index in [4.69, 9.17) is 0 Å². The van der Waals surface area contributed by atoms with E-state index in [0.717, 1.165) is 11.5 Å². The zero-order valence-electron chi connectivity index (χ0n) is 11.6. The van der Waals surface area contributed by atoms with Gasteiger partial charge in [0, 0.05) is 11.5 Å². The molecule has 0 N–H and O–H groups in total. The molecule has 2 aromatic carbocycles. The minimum atomic E-state index is 1.03. The zero-order chi connectivity index (χ0) is 14.5. The maximum atomic E-state index is 3.60. The number of hydrogen-bond donors (Lipinski definition) is 0. The average molecular weight is 300 g/mol. The van der Waals surface area contributed by atoms with Crippen LogP contribution in [0.4, 0.5) is 0 Å². The fraction of sp³-hybridized carbons (Fsp3) is 0.111. The molecule has 2 heteroatoms. The van der Waals surface area contributed by atoms with Crippen LogP contribution in [0.1, 0.15) is 0 Å². The Morgan fingerprint density at radius 3 is 1.30 bits per heavy atom. The Hall–Kier alpha value is -1.38. The molecule has 0 aliphatic carbocycles. The van der Waals surface area contributed by atoms with Gasteiger partial charge < -0.3 is 0 Å². The molecule has 0 aromatic heterocycles. The van der Waals surface area contributed by atoms with Gasteiger partial charge in [0.25, 0.3) is 0 Å². The summed E-state index contributed by atoms with van der Waals surface area (Å²) in [4.78, 5) is 0. The highest BCUT2D eigenvalue weighted by Crippen LogP contribution is 2.20. The third kappa shape index (κ3) is 7.27. The van der Waals surface area contributed by atoms with Crippen LogP contribution >= 0.6 is 21.6 Å². The first-order valence-electron chi connectivity index (χ1n) is 6.45. The first-order valence-corrected chi connectivity index (χ1v) is 8.94. The average Bonchev–Trinajstić information content (AvgIpc) is 2.54. The smallest absolute Gasteiger partial charge is 0.0215 e. The lowest BCUT2D eigenvalue weighted by molar-refractivity contribution is 1.62. The van der Waals surface area contributed by atoms with E-state index in [1.807, 2.05) is 24.3 Å². The quantitative estimate of drug-likeness (QED) is 0.359. The van der Waals surface area contributed by atoms with Crippen LogP contribution in [0.15, 0.2) is 86.0 Å². The fourth-order valence-corrected chi connectivity index (χ4v) is 2.99. The van der Waals surface area contributed by atoms with E-state index in [1.165, 1.54) is 11.1 Å². The third-order valence-corrected chi connectivity index (χ3v) is 4.56. The lowest BCUT2D eigenvalue weighted by atomic mass is 10.1. The third-order valence-electron chi connectivity index (χ3n) is 2.34. The molecular weight excluding hydrogens is 280 g/mol. The lowest BCUT2D eigenvalue weighted by Gasteiger charge is -1.98. The minimum absolute atomic E-state index is 1.03. The van der Waals surface area contributed by atoms with Crippen LogP contribution in [0.5, 0.6) is 0 Å². The molecule has 0 spiro atoms. The molecule has 0 atom stereocenters. The minimum Gasteiger partial charge on any atom is -0.102 e. The Morgan fingerprint density at radius 2 is 1.00 bits per heavy atom. The van der Waals surface area contributed by atoms with Gasteiger partial charge in [-0.05, 0) is 11.1 Å². The first-order chi connectivity index (χ1) is 9.88. The van der Waals surface area contributed by atoms with Gasteiger partial charge in [0.15, 0.2) is 0 Å². The van der Waals surface area contributed by atoms with E-state index in [1.54, 1.807) is 21.6 Å². The SMILES string of the molecule is C=CCSSCC=C.c1ccc(-c2ccccc2)cc1.